The molecule has 0 bridgehead atoms. The number of hydrogen-bond donors (Lipinski definition) is 2. The van der Waals surface area contributed by atoms with E-state index in [1.807, 2.05) is 17.0 Å². The van der Waals surface area contributed by atoms with E-state index in [0.717, 1.165) is 57.5 Å². The van der Waals surface area contributed by atoms with E-state index in [-0.39, 0.29) is 11.8 Å². The van der Waals surface area contributed by atoms with Gasteiger partial charge in [-0.25, -0.2) is 0 Å². The van der Waals surface area contributed by atoms with E-state index in [1.54, 1.807) is 12.1 Å². The lowest BCUT2D eigenvalue weighted by Gasteiger charge is -2.21. The van der Waals surface area contributed by atoms with Gasteiger partial charge in [-0.3, -0.25) is 9.59 Å². The van der Waals surface area contributed by atoms with Gasteiger partial charge in [-0.05, 0) is 69.0 Å². The summed E-state index contributed by atoms with van der Waals surface area (Å²) in [5.41, 5.74) is 1.43. The lowest BCUT2D eigenvalue weighted by atomic mass is 10.0. The Balaban J connectivity index is 1.85. The predicted octanol–water partition coefficient (Wildman–Crippen LogP) is 3.28. The molecule has 0 aromatic heterocycles. The summed E-state index contributed by atoms with van der Waals surface area (Å²) in [7, 11) is 0. The topological polar surface area (TPSA) is 61.4 Å². The van der Waals surface area contributed by atoms with Gasteiger partial charge in [-0.15, -0.1) is 0 Å². The van der Waals surface area contributed by atoms with Gasteiger partial charge in [-0.1, -0.05) is 13.8 Å². The van der Waals surface area contributed by atoms with Gasteiger partial charge in [0.05, 0.1) is 0 Å². The van der Waals surface area contributed by atoms with E-state index in [0.29, 0.717) is 17.9 Å². The zero-order valence-electron chi connectivity index (χ0n) is 15.5. The molecule has 1 aliphatic heterocycles. The Bertz CT molecular complexity index is 545. The van der Waals surface area contributed by atoms with E-state index in [1.165, 1.54) is 0 Å². The highest BCUT2D eigenvalue weighted by atomic mass is 16.2. The van der Waals surface area contributed by atoms with Crippen LogP contribution in [0.25, 0.3) is 0 Å². The summed E-state index contributed by atoms with van der Waals surface area (Å²) in [6.45, 7) is 7.81. The minimum absolute atomic E-state index is 0.0459. The SMILES string of the molecule is CCCN(CCC)C(=O)c1ccc(NC(=O)CCC2CCNC2)cc1. The zero-order valence-corrected chi connectivity index (χ0v) is 15.5. The van der Waals surface area contributed by atoms with E-state index in [2.05, 4.69) is 24.5 Å². The Morgan fingerprint density at radius 2 is 1.84 bits per heavy atom. The van der Waals surface area contributed by atoms with Crippen LogP contribution in [0.5, 0.6) is 0 Å². The molecule has 1 aromatic carbocycles. The Morgan fingerprint density at radius 1 is 1.16 bits per heavy atom. The molecule has 25 heavy (non-hydrogen) atoms. The maximum Gasteiger partial charge on any atom is 0.253 e. The van der Waals surface area contributed by atoms with E-state index in [4.69, 9.17) is 0 Å². The first-order chi connectivity index (χ1) is 12.1. The van der Waals surface area contributed by atoms with Crippen molar-refractivity contribution in [3.63, 3.8) is 0 Å². The summed E-state index contributed by atoms with van der Waals surface area (Å²) in [4.78, 5) is 26.5. The second kappa shape index (κ2) is 10.2. The number of rotatable bonds is 9. The molecular weight excluding hydrogens is 314 g/mol. The van der Waals surface area contributed by atoms with Gasteiger partial charge < -0.3 is 15.5 Å². The molecule has 5 heteroatoms. The molecule has 1 unspecified atom stereocenters. The van der Waals surface area contributed by atoms with Crippen LogP contribution < -0.4 is 10.6 Å². The molecule has 2 rings (SSSR count). The van der Waals surface area contributed by atoms with Crippen LogP contribution in [0.3, 0.4) is 0 Å². The van der Waals surface area contributed by atoms with E-state index < -0.39 is 0 Å². The second-order valence-corrected chi connectivity index (χ2v) is 6.82. The standard InChI is InChI=1S/C20H31N3O2/c1-3-13-23(14-4-2)20(25)17-6-8-18(9-7-17)22-19(24)10-5-16-11-12-21-15-16/h6-9,16,21H,3-5,10-15H2,1-2H3,(H,22,24). The van der Waals surface area contributed by atoms with Gasteiger partial charge in [0, 0.05) is 30.8 Å². The van der Waals surface area contributed by atoms with Gasteiger partial charge in [-0.2, -0.15) is 0 Å². The summed E-state index contributed by atoms with van der Waals surface area (Å²) in [5.74, 6) is 0.730. The van der Waals surface area contributed by atoms with Gasteiger partial charge in [0.15, 0.2) is 0 Å². The first kappa shape index (κ1) is 19.4. The Kier molecular flexibility index (Phi) is 7.92. The molecule has 1 aliphatic rings. The molecule has 0 saturated carbocycles. The lowest BCUT2D eigenvalue weighted by molar-refractivity contribution is -0.116. The summed E-state index contributed by atoms with van der Waals surface area (Å²) in [6.07, 6.45) is 4.55. The average molecular weight is 345 g/mol. The summed E-state index contributed by atoms with van der Waals surface area (Å²) in [5, 5.41) is 6.25. The number of anilines is 1. The van der Waals surface area contributed by atoms with Crippen LogP contribution in [0, 0.1) is 5.92 Å². The molecule has 1 saturated heterocycles. The third kappa shape index (κ3) is 6.16. The van der Waals surface area contributed by atoms with Gasteiger partial charge >= 0.3 is 0 Å². The highest BCUT2D eigenvalue weighted by Gasteiger charge is 2.16. The highest BCUT2D eigenvalue weighted by molar-refractivity contribution is 5.95. The van der Waals surface area contributed by atoms with Crippen molar-refractivity contribution in [1.82, 2.24) is 10.2 Å². The Labute approximate surface area is 151 Å². The minimum Gasteiger partial charge on any atom is -0.339 e. The Morgan fingerprint density at radius 3 is 2.40 bits per heavy atom. The summed E-state index contributed by atoms with van der Waals surface area (Å²) >= 11 is 0. The molecule has 2 N–H and O–H groups in total. The molecule has 2 amide bonds. The number of nitrogens with zero attached hydrogens (tertiary/aromatic N) is 1. The normalized spacial score (nSPS) is 16.6. The molecule has 5 nitrogen and oxygen atoms in total. The third-order valence-corrected chi connectivity index (χ3v) is 4.63. The third-order valence-electron chi connectivity index (χ3n) is 4.63. The fraction of sp³-hybridized carbons (Fsp3) is 0.600. The van der Waals surface area contributed by atoms with Crippen molar-refractivity contribution < 1.29 is 9.59 Å². The highest BCUT2D eigenvalue weighted by Crippen LogP contribution is 2.16. The van der Waals surface area contributed by atoms with Gasteiger partial charge in [0.25, 0.3) is 5.91 Å². The van der Waals surface area contributed by atoms with Crippen LogP contribution in [0.4, 0.5) is 5.69 Å². The molecule has 1 atom stereocenters. The van der Waals surface area contributed by atoms with E-state index >= 15 is 0 Å². The van der Waals surface area contributed by atoms with Crippen molar-refractivity contribution in [1.29, 1.82) is 0 Å². The molecule has 0 radical (unpaired) electrons. The van der Waals surface area contributed by atoms with Crippen LogP contribution in [0.1, 0.15) is 56.3 Å². The number of nitrogens with one attached hydrogen (secondary N) is 2. The first-order valence-corrected chi connectivity index (χ1v) is 9.54. The van der Waals surface area contributed by atoms with Crippen molar-refractivity contribution in [3.05, 3.63) is 29.8 Å². The van der Waals surface area contributed by atoms with Crippen molar-refractivity contribution in [2.24, 2.45) is 5.92 Å². The Hall–Kier alpha value is -1.88. The molecule has 138 valence electrons. The lowest BCUT2D eigenvalue weighted by Crippen LogP contribution is -2.32. The van der Waals surface area contributed by atoms with Crippen molar-refractivity contribution in [2.75, 3.05) is 31.5 Å². The smallest absolute Gasteiger partial charge is 0.253 e. The monoisotopic (exact) mass is 345 g/mol. The molecule has 0 spiro atoms. The maximum atomic E-state index is 12.5. The zero-order chi connectivity index (χ0) is 18.1. The van der Waals surface area contributed by atoms with Crippen molar-refractivity contribution >= 4 is 17.5 Å². The van der Waals surface area contributed by atoms with Crippen LogP contribution in [-0.2, 0) is 4.79 Å². The average Bonchev–Trinajstić information content (AvgIpc) is 3.13. The molecule has 1 aromatic rings. The fourth-order valence-electron chi connectivity index (χ4n) is 3.25. The molecular formula is C20H31N3O2. The number of hydrogen-bond acceptors (Lipinski definition) is 3. The molecule has 0 aliphatic carbocycles. The number of benzene rings is 1. The fourth-order valence-corrected chi connectivity index (χ4v) is 3.25. The minimum atomic E-state index is 0.0459. The largest absolute Gasteiger partial charge is 0.339 e. The quantitative estimate of drug-likeness (QED) is 0.722. The summed E-state index contributed by atoms with van der Waals surface area (Å²) < 4.78 is 0. The van der Waals surface area contributed by atoms with Crippen LogP contribution >= 0.6 is 0 Å². The molecule has 1 fully saturated rings. The predicted molar refractivity (Wildman–Crippen MR) is 102 cm³/mol. The number of carbonyl (C=O) groups is 2. The van der Waals surface area contributed by atoms with Crippen LogP contribution in [0.15, 0.2) is 24.3 Å². The van der Waals surface area contributed by atoms with Crippen LogP contribution in [0.2, 0.25) is 0 Å². The first-order valence-electron chi connectivity index (χ1n) is 9.54. The number of amides is 2. The van der Waals surface area contributed by atoms with E-state index in [9.17, 15) is 9.59 Å². The molecule has 1 heterocycles. The van der Waals surface area contributed by atoms with Gasteiger partial charge in [0.2, 0.25) is 5.91 Å². The maximum absolute atomic E-state index is 12.5. The summed E-state index contributed by atoms with van der Waals surface area (Å²) in [6, 6.07) is 7.24. The van der Waals surface area contributed by atoms with Gasteiger partial charge in [0.1, 0.15) is 0 Å². The second-order valence-electron chi connectivity index (χ2n) is 6.82. The number of carbonyl (C=O) groups excluding carboxylic acids is 2. The van der Waals surface area contributed by atoms with Crippen molar-refractivity contribution in [2.45, 2.75) is 46.0 Å². The van der Waals surface area contributed by atoms with Crippen molar-refractivity contribution in [3.8, 4) is 0 Å². The van der Waals surface area contributed by atoms with Crippen LogP contribution in [-0.4, -0.2) is 42.9 Å².